The predicted octanol–water partition coefficient (Wildman–Crippen LogP) is 1.73. The van der Waals surface area contributed by atoms with Gasteiger partial charge in [0.2, 0.25) is 0 Å². The normalized spacial score (nSPS) is 18.4. The molecule has 1 aliphatic rings. The first-order valence-electron chi connectivity index (χ1n) is 6.59. The maximum Gasteiger partial charge on any atom is 0.0589 e. The van der Waals surface area contributed by atoms with Gasteiger partial charge in [-0.05, 0) is 39.2 Å². The molecular formula is C13H28N2O. The van der Waals surface area contributed by atoms with Gasteiger partial charge in [0.05, 0.1) is 6.61 Å². The molecule has 0 heterocycles. The van der Waals surface area contributed by atoms with Gasteiger partial charge >= 0.3 is 0 Å². The van der Waals surface area contributed by atoms with Crippen LogP contribution < -0.4 is 5.32 Å². The minimum Gasteiger partial charge on any atom is -0.383 e. The van der Waals surface area contributed by atoms with Crippen LogP contribution in [0.3, 0.4) is 0 Å². The third kappa shape index (κ3) is 5.83. The molecule has 1 unspecified atom stereocenters. The molecule has 0 radical (unpaired) electrons. The summed E-state index contributed by atoms with van der Waals surface area (Å²) in [5, 5.41) is 3.60. The Kier molecular flexibility index (Phi) is 6.32. The molecule has 0 bridgehead atoms. The molecule has 0 amide bonds. The molecule has 3 heteroatoms. The summed E-state index contributed by atoms with van der Waals surface area (Å²) in [6.45, 7) is 11.1. The fraction of sp³-hybridized carbons (Fsp3) is 1.00. The van der Waals surface area contributed by atoms with Gasteiger partial charge in [-0.1, -0.05) is 6.92 Å². The first-order chi connectivity index (χ1) is 7.63. The second kappa shape index (κ2) is 7.25. The summed E-state index contributed by atoms with van der Waals surface area (Å²) >= 11 is 0. The highest BCUT2D eigenvalue weighted by molar-refractivity contribution is 4.81. The van der Waals surface area contributed by atoms with Crippen molar-refractivity contribution in [1.82, 2.24) is 10.2 Å². The highest BCUT2D eigenvalue weighted by Gasteiger charge is 2.21. The third-order valence-corrected chi connectivity index (χ3v) is 3.19. The Morgan fingerprint density at radius 3 is 2.50 bits per heavy atom. The van der Waals surface area contributed by atoms with E-state index in [-0.39, 0.29) is 0 Å². The van der Waals surface area contributed by atoms with Crippen molar-refractivity contribution in [2.75, 3.05) is 33.4 Å². The molecule has 0 aromatic heterocycles. The lowest BCUT2D eigenvalue weighted by molar-refractivity contribution is 0.118. The van der Waals surface area contributed by atoms with E-state index in [1.165, 1.54) is 19.4 Å². The number of ether oxygens (including phenoxy) is 1. The maximum absolute atomic E-state index is 5.15. The van der Waals surface area contributed by atoms with E-state index in [2.05, 4.69) is 31.0 Å². The van der Waals surface area contributed by atoms with Crippen LogP contribution in [-0.4, -0.2) is 50.3 Å². The van der Waals surface area contributed by atoms with Gasteiger partial charge in [-0.15, -0.1) is 0 Å². The van der Waals surface area contributed by atoms with E-state index in [9.17, 15) is 0 Å². The van der Waals surface area contributed by atoms with E-state index in [4.69, 9.17) is 4.74 Å². The van der Waals surface area contributed by atoms with Crippen LogP contribution in [0, 0.1) is 5.92 Å². The van der Waals surface area contributed by atoms with Crippen molar-refractivity contribution in [2.45, 2.75) is 45.7 Å². The summed E-state index contributed by atoms with van der Waals surface area (Å²) < 4.78 is 5.15. The molecular weight excluding hydrogens is 200 g/mol. The quantitative estimate of drug-likeness (QED) is 0.650. The first kappa shape index (κ1) is 13.9. The van der Waals surface area contributed by atoms with Crippen molar-refractivity contribution in [1.29, 1.82) is 0 Å². The number of methoxy groups -OCH3 is 1. The van der Waals surface area contributed by atoms with Crippen molar-refractivity contribution in [3.8, 4) is 0 Å². The van der Waals surface area contributed by atoms with Crippen LogP contribution in [0.25, 0.3) is 0 Å². The lowest BCUT2D eigenvalue weighted by Crippen LogP contribution is -2.39. The SMILES string of the molecule is COCCN(CC(C)CNC1CC1)C(C)C. The highest BCUT2D eigenvalue weighted by Crippen LogP contribution is 2.18. The van der Waals surface area contributed by atoms with Gasteiger partial charge in [-0.2, -0.15) is 0 Å². The third-order valence-electron chi connectivity index (χ3n) is 3.19. The number of hydrogen-bond donors (Lipinski definition) is 1. The van der Waals surface area contributed by atoms with Crippen molar-refractivity contribution < 1.29 is 4.74 Å². The molecule has 1 atom stereocenters. The molecule has 1 rings (SSSR count). The topological polar surface area (TPSA) is 24.5 Å². The molecule has 1 N–H and O–H groups in total. The molecule has 16 heavy (non-hydrogen) atoms. The zero-order valence-corrected chi connectivity index (χ0v) is 11.3. The van der Waals surface area contributed by atoms with Gasteiger partial charge in [0, 0.05) is 32.3 Å². The van der Waals surface area contributed by atoms with Crippen molar-refractivity contribution in [2.24, 2.45) is 5.92 Å². The Labute approximate surface area is 101 Å². The van der Waals surface area contributed by atoms with Crippen molar-refractivity contribution in [3.63, 3.8) is 0 Å². The smallest absolute Gasteiger partial charge is 0.0589 e. The Bertz CT molecular complexity index is 181. The monoisotopic (exact) mass is 228 g/mol. The molecule has 0 aromatic carbocycles. The largest absolute Gasteiger partial charge is 0.383 e. The number of hydrogen-bond acceptors (Lipinski definition) is 3. The van der Waals surface area contributed by atoms with Crippen molar-refractivity contribution in [3.05, 3.63) is 0 Å². The van der Waals surface area contributed by atoms with Gasteiger partial charge in [0.15, 0.2) is 0 Å². The fourth-order valence-corrected chi connectivity index (χ4v) is 1.89. The predicted molar refractivity (Wildman–Crippen MR) is 68.8 cm³/mol. The summed E-state index contributed by atoms with van der Waals surface area (Å²) in [4.78, 5) is 2.50. The Morgan fingerprint density at radius 2 is 2.00 bits per heavy atom. The van der Waals surface area contributed by atoms with Gasteiger partial charge in [-0.3, -0.25) is 4.90 Å². The number of rotatable bonds is 9. The van der Waals surface area contributed by atoms with Crippen molar-refractivity contribution >= 4 is 0 Å². The molecule has 1 saturated carbocycles. The average molecular weight is 228 g/mol. The summed E-state index contributed by atoms with van der Waals surface area (Å²) in [5.74, 6) is 0.722. The summed E-state index contributed by atoms with van der Waals surface area (Å²) in [7, 11) is 1.77. The number of nitrogens with zero attached hydrogens (tertiary/aromatic N) is 1. The highest BCUT2D eigenvalue weighted by atomic mass is 16.5. The minimum atomic E-state index is 0.610. The van der Waals surface area contributed by atoms with Gasteiger partial charge in [0.1, 0.15) is 0 Å². The fourth-order valence-electron chi connectivity index (χ4n) is 1.89. The van der Waals surface area contributed by atoms with Crippen LogP contribution in [0.15, 0.2) is 0 Å². The van der Waals surface area contributed by atoms with E-state index in [1.54, 1.807) is 7.11 Å². The molecule has 0 saturated heterocycles. The Balaban J connectivity index is 2.16. The zero-order valence-electron chi connectivity index (χ0n) is 11.3. The summed E-state index contributed by atoms with van der Waals surface area (Å²) in [6.07, 6.45) is 2.76. The van der Waals surface area contributed by atoms with Crippen LogP contribution in [0.4, 0.5) is 0 Å². The average Bonchev–Trinajstić information content (AvgIpc) is 3.04. The van der Waals surface area contributed by atoms with Gasteiger partial charge in [-0.25, -0.2) is 0 Å². The molecule has 96 valence electrons. The maximum atomic E-state index is 5.15. The summed E-state index contributed by atoms with van der Waals surface area (Å²) in [6, 6.07) is 1.44. The van der Waals surface area contributed by atoms with E-state index < -0.39 is 0 Å². The van der Waals surface area contributed by atoms with E-state index in [0.29, 0.717) is 6.04 Å². The van der Waals surface area contributed by atoms with Crippen LogP contribution in [0.1, 0.15) is 33.6 Å². The van der Waals surface area contributed by atoms with E-state index >= 15 is 0 Å². The lowest BCUT2D eigenvalue weighted by atomic mass is 10.1. The van der Waals surface area contributed by atoms with Crippen LogP contribution in [0.2, 0.25) is 0 Å². The Morgan fingerprint density at radius 1 is 1.31 bits per heavy atom. The van der Waals surface area contributed by atoms with E-state index in [0.717, 1.165) is 31.7 Å². The molecule has 1 fully saturated rings. The van der Waals surface area contributed by atoms with Crippen LogP contribution in [-0.2, 0) is 4.74 Å². The Hall–Kier alpha value is -0.120. The molecule has 3 nitrogen and oxygen atoms in total. The molecule has 0 spiro atoms. The standard InChI is InChI=1S/C13H28N2O/c1-11(2)15(7-8-16-4)10-12(3)9-14-13-5-6-13/h11-14H,5-10H2,1-4H3. The second-order valence-electron chi connectivity index (χ2n) is 5.37. The van der Waals surface area contributed by atoms with Crippen LogP contribution in [0.5, 0.6) is 0 Å². The molecule has 0 aliphatic heterocycles. The molecule has 1 aliphatic carbocycles. The van der Waals surface area contributed by atoms with Crippen LogP contribution >= 0.6 is 0 Å². The minimum absolute atomic E-state index is 0.610. The molecule has 0 aromatic rings. The zero-order chi connectivity index (χ0) is 12.0. The summed E-state index contributed by atoms with van der Waals surface area (Å²) in [5.41, 5.74) is 0. The van der Waals surface area contributed by atoms with E-state index in [1.807, 2.05) is 0 Å². The lowest BCUT2D eigenvalue weighted by Gasteiger charge is -2.29. The van der Waals surface area contributed by atoms with Gasteiger partial charge < -0.3 is 10.1 Å². The number of nitrogens with one attached hydrogen (secondary N) is 1. The first-order valence-corrected chi connectivity index (χ1v) is 6.59. The second-order valence-corrected chi connectivity index (χ2v) is 5.37. The van der Waals surface area contributed by atoms with Gasteiger partial charge in [0.25, 0.3) is 0 Å².